The second-order valence-electron chi connectivity index (χ2n) is 4.40. The zero-order valence-electron chi connectivity index (χ0n) is 9.55. The van der Waals surface area contributed by atoms with Gasteiger partial charge in [0.25, 0.3) is 6.43 Å². The van der Waals surface area contributed by atoms with Crippen LogP contribution in [-0.4, -0.2) is 31.6 Å². The van der Waals surface area contributed by atoms with Crippen LogP contribution in [0.25, 0.3) is 0 Å². The lowest BCUT2D eigenvalue weighted by Crippen LogP contribution is -2.33. The van der Waals surface area contributed by atoms with Crippen LogP contribution >= 0.6 is 0 Å². The minimum absolute atomic E-state index is 0.0679. The summed E-state index contributed by atoms with van der Waals surface area (Å²) in [6.45, 7) is 1.64. The van der Waals surface area contributed by atoms with Gasteiger partial charge in [-0.25, -0.2) is 8.78 Å². The Morgan fingerprint density at radius 1 is 1.50 bits per heavy atom. The molecule has 0 heterocycles. The summed E-state index contributed by atoms with van der Waals surface area (Å²) in [5.41, 5.74) is 0. The summed E-state index contributed by atoms with van der Waals surface area (Å²) in [6, 6.07) is 0.262. The Labute approximate surface area is 94.5 Å². The SMILES string of the molecule is CC1CCC(NC(=O)CCOCC(F)F)C1. The fraction of sp³-hybridized carbons (Fsp3) is 0.909. The molecule has 0 radical (unpaired) electrons. The number of halogens is 2. The molecule has 5 heteroatoms. The first-order valence-electron chi connectivity index (χ1n) is 5.73. The smallest absolute Gasteiger partial charge is 0.261 e. The number of carbonyl (C=O) groups excluding carboxylic acids is 1. The average Bonchev–Trinajstić information content (AvgIpc) is 2.58. The van der Waals surface area contributed by atoms with Gasteiger partial charge in [0.15, 0.2) is 0 Å². The molecule has 1 N–H and O–H groups in total. The van der Waals surface area contributed by atoms with Crippen molar-refractivity contribution in [1.82, 2.24) is 5.32 Å². The first-order valence-corrected chi connectivity index (χ1v) is 5.73. The van der Waals surface area contributed by atoms with Crippen molar-refractivity contribution in [2.75, 3.05) is 13.2 Å². The van der Waals surface area contributed by atoms with E-state index in [-0.39, 0.29) is 25.0 Å². The Balaban J connectivity index is 2.02. The lowest BCUT2D eigenvalue weighted by Gasteiger charge is -2.12. The van der Waals surface area contributed by atoms with Gasteiger partial charge >= 0.3 is 0 Å². The maximum Gasteiger partial charge on any atom is 0.261 e. The molecule has 0 saturated heterocycles. The van der Waals surface area contributed by atoms with E-state index >= 15 is 0 Å². The van der Waals surface area contributed by atoms with Crippen LogP contribution in [0.4, 0.5) is 8.78 Å². The van der Waals surface area contributed by atoms with Crippen LogP contribution in [0.5, 0.6) is 0 Å². The Bertz CT molecular complexity index is 224. The molecule has 1 aliphatic carbocycles. The van der Waals surface area contributed by atoms with Crippen LogP contribution in [0.3, 0.4) is 0 Å². The van der Waals surface area contributed by atoms with E-state index in [1.54, 1.807) is 0 Å². The van der Waals surface area contributed by atoms with E-state index in [2.05, 4.69) is 17.0 Å². The molecule has 0 aliphatic heterocycles. The molecule has 1 amide bonds. The third-order valence-corrected chi connectivity index (χ3v) is 2.78. The van der Waals surface area contributed by atoms with Gasteiger partial charge in [-0.2, -0.15) is 0 Å². The molecule has 1 saturated carbocycles. The number of rotatable bonds is 6. The van der Waals surface area contributed by atoms with Crippen molar-refractivity contribution in [1.29, 1.82) is 0 Å². The van der Waals surface area contributed by atoms with Crippen molar-refractivity contribution in [3.8, 4) is 0 Å². The van der Waals surface area contributed by atoms with Crippen molar-refractivity contribution < 1.29 is 18.3 Å². The lowest BCUT2D eigenvalue weighted by atomic mass is 10.1. The molecule has 0 aromatic carbocycles. The summed E-state index contributed by atoms with van der Waals surface area (Å²) < 4.78 is 28.0. The monoisotopic (exact) mass is 235 g/mol. The van der Waals surface area contributed by atoms with Crippen molar-refractivity contribution in [2.45, 2.75) is 45.1 Å². The van der Waals surface area contributed by atoms with E-state index in [1.807, 2.05) is 0 Å². The van der Waals surface area contributed by atoms with Gasteiger partial charge < -0.3 is 10.1 Å². The summed E-state index contributed by atoms with van der Waals surface area (Å²) in [4.78, 5) is 11.4. The van der Waals surface area contributed by atoms with Gasteiger partial charge in [0.05, 0.1) is 6.61 Å². The van der Waals surface area contributed by atoms with E-state index in [0.29, 0.717) is 5.92 Å². The lowest BCUT2D eigenvalue weighted by molar-refractivity contribution is -0.123. The molecule has 0 aromatic rings. The fourth-order valence-electron chi connectivity index (χ4n) is 1.98. The molecule has 3 nitrogen and oxygen atoms in total. The highest BCUT2D eigenvalue weighted by atomic mass is 19.3. The molecule has 0 bridgehead atoms. The van der Waals surface area contributed by atoms with Gasteiger partial charge in [-0.05, 0) is 25.2 Å². The normalized spacial score (nSPS) is 25.0. The molecule has 2 atom stereocenters. The molecule has 0 aromatic heterocycles. The molecule has 16 heavy (non-hydrogen) atoms. The van der Waals surface area contributed by atoms with E-state index in [0.717, 1.165) is 19.3 Å². The number of carbonyl (C=O) groups is 1. The summed E-state index contributed by atoms with van der Waals surface area (Å²) in [5.74, 6) is 0.564. The summed E-state index contributed by atoms with van der Waals surface area (Å²) in [6.07, 6.45) is 0.887. The summed E-state index contributed by atoms with van der Waals surface area (Å²) in [7, 11) is 0. The average molecular weight is 235 g/mol. The minimum Gasteiger partial charge on any atom is -0.375 e. The first kappa shape index (κ1) is 13.4. The largest absolute Gasteiger partial charge is 0.375 e. The third kappa shape index (κ3) is 5.39. The molecule has 1 rings (SSSR count). The third-order valence-electron chi connectivity index (χ3n) is 2.78. The number of amides is 1. The van der Waals surface area contributed by atoms with Crippen LogP contribution < -0.4 is 5.32 Å². The first-order chi connectivity index (χ1) is 7.58. The van der Waals surface area contributed by atoms with Crippen molar-refractivity contribution in [2.24, 2.45) is 5.92 Å². The number of hydrogen-bond donors (Lipinski definition) is 1. The van der Waals surface area contributed by atoms with Crippen molar-refractivity contribution in [3.63, 3.8) is 0 Å². The zero-order valence-corrected chi connectivity index (χ0v) is 9.55. The highest BCUT2D eigenvalue weighted by molar-refractivity contribution is 5.76. The number of alkyl halides is 2. The van der Waals surface area contributed by atoms with E-state index < -0.39 is 13.0 Å². The van der Waals surface area contributed by atoms with Crippen LogP contribution in [-0.2, 0) is 9.53 Å². The van der Waals surface area contributed by atoms with Crippen LogP contribution in [0.1, 0.15) is 32.6 Å². The molecular weight excluding hydrogens is 216 g/mol. The van der Waals surface area contributed by atoms with E-state index in [9.17, 15) is 13.6 Å². The van der Waals surface area contributed by atoms with Crippen LogP contribution in [0, 0.1) is 5.92 Å². The molecule has 1 aliphatic rings. The number of hydrogen-bond acceptors (Lipinski definition) is 2. The quantitative estimate of drug-likeness (QED) is 0.715. The number of ether oxygens (including phenoxy) is 1. The van der Waals surface area contributed by atoms with Gasteiger partial charge in [0.1, 0.15) is 6.61 Å². The Hall–Kier alpha value is -0.710. The summed E-state index contributed by atoms with van der Waals surface area (Å²) >= 11 is 0. The van der Waals surface area contributed by atoms with Crippen molar-refractivity contribution in [3.05, 3.63) is 0 Å². The Morgan fingerprint density at radius 2 is 2.25 bits per heavy atom. The minimum atomic E-state index is -2.46. The topological polar surface area (TPSA) is 38.3 Å². The van der Waals surface area contributed by atoms with Gasteiger partial charge in [-0.15, -0.1) is 0 Å². The fourth-order valence-corrected chi connectivity index (χ4v) is 1.98. The number of nitrogens with one attached hydrogen (secondary N) is 1. The van der Waals surface area contributed by atoms with Gasteiger partial charge in [0.2, 0.25) is 5.91 Å². The van der Waals surface area contributed by atoms with Crippen molar-refractivity contribution >= 4 is 5.91 Å². The molecule has 94 valence electrons. The molecule has 1 fully saturated rings. The maximum absolute atomic E-state index is 11.7. The second kappa shape index (κ2) is 6.78. The molecular formula is C11H19F2NO2. The maximum atomic E-state index is 11.7. The second-order valence-corrected chi connectivity index (χ2v) is 4.40. The zero-order chi connectivity index (χ0) is 12.0. The molecule has 0 spiro atoms. The predicted molar refractivity (Wildman–Crippen MR) is 56.4 cm³/mol. The van der Waals surface area contributed by atoms with E-state index in [4.69, 9.17) is 0 Å². The van der Waals surface area contributed by atoms with Gasteiger partial charge in [0, 0.05) is 12.5 Å². The highest BCUT2D eigenvalue weighted by Crippen LogP contribution is 2.24. The van der Waals surface area contributed by atoms with Gasteiger partial charge in [-0.3, -0.25) is 4.79 Å². The van der Waals surface area contributed by atoms with Gasteiger partial charge in [-0.1, -0.05) is 6.92 Å². The summed E-state index contributed by atoms with van der Waals surface area (Å²) in [5, 5.41) is 2.89. The Kier molecular flexibility index (Phi) is 5.66. The molecule has 2 unspecified atom stereocenters. The Morgan fingerprint density at radius 3 is 2.81 bits per heavy atom. The van der Waals surface area contributed by atoms with Crippen LogP contribution in [0.15, 0.2) is 0 Å². The highest BCUT2D eigenvalue weighted by Gasteiger charge is 2.22. The predicted octanol–water partition coefficient (Wildman–Crippen LogP) is 1.96. The van der Waals surface area contributed by atoms with Crippen LogP contribution in [0.2, 0.25) is 0 Å². The van der Waals surface area contributed by atoms with E-state index in [1.165, 1.54) is 0 Å². The standard InChI is InChI=1S/C11H19F2NO2/c1-8-2-3-9(6-8)14-11(15)4-5-16-7-10(12)13/h8-10H,2-7H2,1H3,(H,14,15).